The molecule has 0 aromatic heterocycles. The van der Waals surface area contributed by atoms with Crippen molar-refractivity contribution < 1.29 is 14.0 Å². The molecule has 0 spiro atoms. The molecule has 5 heteroatoms. The zero-order chi connectivity index (χ0) is 19.4. The van der Waals surface area contributed by atoms with Crippen molar-refractivity contribution in [2.24, 2.45) is 5.41 Å². The monoisotopic (exact) mass is 368 g/mol. The number of likely N-dealkylation sites (tertiary alicyclic amines) is 1. The summed E-state index contributed by atoms with van der Waals surface area (Å²) >= 11 is 0. The Morgan fingerprint density at radius 2 is 1.74 bits per heavy atom. The van der Waals surface area contributed by atoms with E-state index in [9.17, 15) is 14.0 Å². The average Bonchev–Trinajstić information content (AvgIpc) is 3.06. The number of benzene rings is 2. The SMILES string of the molecule is C[C@H](c1ccccc1)N1C[C@](CF)(C(=O)N(C)Cc2ccccc2)CC1=O. The fraction of sp³-hybridized carbons (Fsp3) is 0.364. The van der Waals surface area contributed by atoms with Crippen molar-refractivity contribution >= 4 is 11.8 Å². The Morgan fingerprint density at radius 1 is 1.15 bits per heavy atom. The molecule has 0 N–H and O–H groups in total. The summed E-state index contributed by atoms with van der Waals surface area (Å²) in [6.45, 7) is 1.58. The van der Waals surface area contributed by atoms with Crippen molar-refractivity contribution in [2.45, 2.75) is 25.9 Å². The molecular weight excluding hydrogens is 343 g/mol. The molecule has 1 aliphatic rings. The predicted molar refractivity (Wildman–Crippen MR) is 103 cm³/mol. The number of carbonyl (C=O) groups is 2. The second kappa shape index (κ2) is 7.91. The molecule has 4 nitrogen and oxygen atoms in total. The van der Waals surface area contributed by atoms with Gasteiger partial charge < -0.3 is 9.80 Å². The Morgan fingerprint density at radius 3 is 2.33 bits per heavy atom. The Hall–Kier alpha value is -2.69. The quantitative estimate of drug-likeness (QED) is 0.782. The number of nitrogens with zero attached hydrogens (tertiary/aromatic N) is 2. The van der Waals surface area contributed by atoms with Crippen LogP contribution in [0.5, 0.6) is 0 Å². The first-order valence-electron chi connectivity index (χ1n) is 9.17. The zero-order valence-corrected chi connectivity index (χ0v) is 15.8. The van der Waals surface area contributed by atoms with Gasteiger partial charge in [-0.05, 0) is 18.1 Å². The predicted octanol–water partition coefficient (Wildman–Crippen LogP) is 3.59. The van der Waals surface area contributed by atoms with Crippen LogP contribution in [0.4, 0.5) is 4.39 Å². The smallest absolute Gasteiger partial charge is 0.233 e. The maximum Gasteiger partial charge on any atom is 0.233 e. The average molecular weight is 368 g/mol. The summed E-state index contributed by atoms with van der Waals surface area (Å²) in [5, 5.41) is 0. The molecule has 1 aliphatic heterocycles. The molecule has 0 radical (unpaired) electrons. The van der Waals surface area contributed by atoms with E-state index in [4.69, 9.17) is 0 Å². The van der Waals surface area contributed by atoms with Crippen LogP contribution in [0.15, 0.2) is 60.7 Å². The van der Waals surface area contributed by atoms with Gasteiger partial charge in [0.25, 0.3) is 0 Å². The molecule has 1 heterocycles. The van der Waals surface area contributed by atoms with Crippen LogP contribution in [-0.4, -0.2) is 41.9 Å². The Balaban J connectivity index is 1.77. The normalized spacial score (nSPS) is 20.6. The molecule has 1 saturated heterocycles. The second-order valence-corrected chi connectivity index (χ2v) is 7.35. The first-order chi connectivity index (χ1) is 13.0. The summed E-state index contributed by atoms with van der Waals surface area (Å²) in [5.74, 6) is -0.490. The van der Waals surface area contributed by atoms with Crippen LogP contribution >= 0.6 is 0 Å². The van der Waals surface area contributed by atoms with Gasteiger partial charge in [0.05, 0.1) is 6.04 Å². The van der Waals surface area contributed by atoms with Crippen molar-refractivity contribution in [1.82, 2.24) is 9.80 Å². The van der Waals surface area contributed by atoms with Crippen LogP contribution < -0.4 is 0 Å². The molecule has 2 aromatic rings. The van der Waals surface area contributed by atoms with Crippen molar-refractivity contribution in [3.05, 3.63) is 71.8 Å². The number of amides is 2. The van der Waals surface area contributed by atoms with Crippen LogP contribution in [0.25, 0.3) is 0 Å². The molecule has 0 aliphatic carbocycles. The summed E-state index contributed by atoms with van der Waals surface area (Å²) in [7, 11) is 1.67. The Kier molecular flexibility index (Phi) is 5.59. The lowest BCUT2D eigenvalue weighted by molar-refractivity contribution is -0.142. The van der Waals surface area contributed by atoms with E-state index in [0.717, 1.165) is 11.1 Å². The van der Waals surface area contributed by atoms with E-state index in [2.05, 4.69) is 0 Å². The molecule has 3 rings (SSSR count). The van der Waals surface area contributed by atoms with Crippen LogP contribution in [-0.2, 0) is 16.1 Å². The van der Waals surface area contributed by atoms with Gasteiger partial charge in [0, 0.05) is 26.6 Å². The summed E-state index contributed by atoms with van der Waals surface area (Å²) in [6, 6.07) is 19.0. The summed E-state index contributed by atoms with van der Waals surface area (Å²) in [6.07, 6.45) is -0.0847. The van der Waals surface area contributed by atoms with Crippen LogP contribution in [0.1, 0.15) is 30.5 Å². The molecule has 0 unspecified atom stereocenters. The lowest BCUT2D eigenvalue weighted by Gasteiger charge is -2.31. The van der Waals surface area contributed by atoms with Gasteiger partial charge in [0.1, 0.15) is 12.1 Å². The largest absolute Gasteiger partial charge is 0.341 e. The van der Waals surface area contributed by atoms with E-state index in [1.54, 1.807) is 11.9 Å². The number of alkyl halides is 1. The van der Waals surface area contributed by atoms with Gasteiger partial charge in [-0.2, -0.15) is 0 Å². The minimum Gasteiger partial charge on any atom is -0.341 e. The molecule has 0 bridgehead atoms. The van der Waals surface area contributed by atoms with Crippen LogP contribution in [0.2, 0.25) is 0 Å². The molecular formula is C22H25FN2O2. The highest BCUT2D eigenvalue weighted by Crippen LogP contribution is 2.38. The molecule has 2 aromatic carbocycles. The number of hydrogen-bond donors (Lipinski definition) is 0. The minimum atomic E-state index is -1.30. The standard InChI is InChI=1S/C22H25FN2O2/c1-17(19-11-7-4-8-12-19)25-16-22(15-23,13-20(25)26)21(27)24(2)14-18-9-5-3-6-10-18/h3-12,17H,13-16H2,1-2H3/t17-,22+/m1/s1. The van der Waals surface area contributed by atoms with Gasteiger partial charge in [-0.25, -0.2) is 4.39 Å². The maximum absolute atomic E-state index is 14.1. The van der Waals surface area contributed by atoms with Gasteiger partial charge >= 0.3 is 0 Å². The first-order valence-corrected chi connectivity index (χ1v) is 9.17. The molecule has 27 heavy (non-hydrogen) atoms. The summed E-state index contributed by atoms with van der Waals surface area (Å²) < 4.78 is 14.1. The number of carbonyl (C=O) groups excluding carboxylic acids is 2. The van der Waals surface area contributed by atoms with Gasteiger partial charge in [-0.15, -0.1) is 0 Å². The van der Waals surface area contributed by atoms with Crippen LogP contribution in [0, 0.1) is 5.41 Å². The van der Waals surface area contributed by atoms with Crippen molar-refractivity contribution in [2.75, 3.05) is 20.3 Å². The third-order valence-electron chi connectivity index (χ3n) is 5.35. The fourth-order valence-corrected chi connectivity index (χ4v) is 3.75. The number of rotatable bonds is 6. The first kappa shape index (κ1) is 19.1. The second-order valence-electron chi connectivity index (χ2n) is 7.35. The highest BCUT2D eigenvalue weighted by Gasteiger charge is 2.51. The van der Waals surface area contributed by atoms with Gasteiger partial charge in [-0.1, -0.05) is 60.7 Å². The topological polar surface area (TPSA) is 40.6 Å². The van der Waals surface area contributed by atoms with Crippen molar-refractivity contribution in [1.29, 1.82) is 0 Å². The lowest BCUT2D eigenvalue weighted by atomic mass is 9.86. The van der Waals surface area contributed by atoms with E-state index in [-0.39, 0.29) is 30.8 Å². The third kappa shape index (κ3) is 3.87. The number of halogens is 1. The highest BCUT2D eigenvalue weighted by atomic mass is 19.1. The van der Waals surface area contributed by atoms with Gasteiger partial charge in [-0.3, -0.25) is 9.59 Å². The van der Waals surface area contributed by atoms with Crippen molar-refractivity contribution in [3.8, 4) is 0 Å². The lowest BCUT2D eigenvalue weighted by Crippen LogP contribution is -2.45. The van der Waals surface area contributed by atoms with Gasteiger partial charge in [0.2, 0.25) is 11.8 Å². The van der Waals surface area contributed by atoms with E-state index >= 15 is 0 Å². The minimum absolute atomic E-state index is 0.0847. The van der Waals surface area contributed by atoms with E-state index < -0.39 is 12.1 Å². The summed E-state index contributed by atoms with van der Waals surface area (Å²) in [5.41, 5.74) is 0.649. The molecule has 2 atom stereocenters. The highest BCUT2D eigenvalue weighted by molar-refractivity contribution is 5.92. The zero-order valence-electron chi connectivity index (χ0n) is 15.8. The van der Waals surface area contributed by atoms with E-state index in [0.29, 0.717) is 6.54 Å². The molecule has 142 valence electrons. The van der Waals surface area contributed by atoms with Gasteiger partial charge in [0.15, 0.2) is 0 Å². The molecule has 2 amide bonds. The van der Waals surface area contributed by atoms with E-state index in [1.807, 2.05) is 67.6 Å². The summed E-state index contributed by atoms with van der Waals surface area (Å²) in [4.78, 5) is 28.9. The number of hydrogen-bond acceptors (Lipinski definition) is 2. The third-order valence-corrected chi connectivity index (χ3v) is 5.35. The fourth-order valence-electron chi connectivity index (χ4n) is 3.75. The molecule has 1 fully saturated rings. The Bertz CT molecular complexity index is 796. The Labute approximate surface area is 159 Å². The molecule has 0 saturated carbocycles. The van der Waals surface area contributed by atoms with Crippen molar-refractivity contribution in [3.63, 3.8) is 0 Å². The van der Waals surface area contributed by atoms with E-state index in [1.165, 1.54) is 4.90 Å². The van der Waals surface area contributed by atoms with Crippen LogP contribution in [0.3, 0.4) is 0 Å². The maximum atomic E-state index is 14.1.